The lowest BCUT2D eigenvalue weighted by molar-refractivity contribution is -0.114. The number of anilines is 1. The number of nitrogens with zero attached hydrogens (tertiary/aromatic N) is 1. The minimum absolute atomic E-state index is 0.0940. The summed E-state index contributed by atoms with van der Waals surface area (Å²) in [4.78, 5) is 25.8. The Labute approximate surface area is 169 Å². The molecule has 6 heteroatoms. The molecule has 0 radical (unpaired) electrons. The van der Waals surface area contributed by atoms with Crippen molar-refractivity contribution in [1.82, 2.24) is 0 Å². The third kappa shape index (κ3) is 4.12. The zero-order valence-electron chi connectivity index (χ0n) is 15.5. The van der Waals surface area contributed by atoms with Crippen molar-refractivity contribution in [2.75, 3.05) is 18.1 Å². The second-order valence-corrected chi connectivity index (χ2v) is 8.39. The Morgan fingerprint density at radius 2 is 1.70 bits per heavy atom. The molecule has 2 aromatic rings. The van der Waals surface area contributed by atoms with Gasteiger partial charge < -0.3 is 9.64 Å². The van der Waals surface area contributed by atoms with Crippen LogP contribution in [0.2, 0.25) is 10.0 Å². The van der Waals surface area contributed by atoms with Crippen molar-refractivity contribution in [2.45, 2.75) is 32.6 Å². The molecule has 0 unspecified atom stereocenters. The lowest BCUT2D eigenvalue weighted by Gasteiger charge is -2.19. The molecule has 4 nitrogen and oxygen atoms in total. The first-order valence-electron chi connectivity index (χ1n) is 8.77. The highest BCUT2D eigenvalue weighted by Gasteiger charge is 2.37. The zero-order valence-corrected chi connectivity index (χ0v) is 17.0. The van der Waals surface area contributed by atoms with Gasteiger partial charge in [-0.1, -0.05) is 56.1 Å². The first-order chi connectivity index (χ1) is 12.7. The Bertz CT molecular complexity index is 886. The number of amides is 1. The molecule has 2 aromatic carbocycles. The predicted octanol–water partition coefficient (Wildman–Crippen LogP) is 5.29. The standard InChI is InChI=1S/C21H21Cl2NO3/c1-21(2,3)13-5-7-15(8-6-13)27-10-4-9-24-18-16(19(25)20(24)26)11-14(22)12-17(18)23/h5-8,11-12H,4,9-10H2,1-3H3. The highest BCUT2D eigenvalue weighted by molar-refractivity contribution is 6.54. The summed E-state index contributed by atoms with van der Waals surface area (Å²) in [5.41, 5.74) is 2.03. The van der Waals surface area contributed by atoms with Crippen LogP contribution in [0.25, 0.3) is 0 Å². The summed E-state index contributed by atoms with van der Waals surface area (Å²) < 4.78 is 5.76. The van der Waals surface area contributed by atoms with Gasteiger partial charge in [0.25, 0.3) is 11.7 Å². The molecule has 0 aliphatic carbocycles. The maximum Gasteiger partial charge on any atom is 0.299 e. The summed E-state index contributed by atoms with van der Waals surface area (Å²) in [5.74, 6) is -0.381. The molecule has 0 atom stereocenters. The number of Topliss-reactive ketones (excluding diaryl/α,β-unsaturated/α-hetero) is 1. The van der Waals surface area contributed by atoms with E-state index in [1.165, 1.54) is 22.6 Å². The van der Waals surface area contributed by atoms with E-state index in [0.717, 1.165) is 5.75 Å². The molecule has 1 aliphatic heterocycles. The smallest absolute Gasteiger partial charge is 0.299 e. The van der Waals surface area contributed by atoms with Gasteiger partial charge in [0, 0.05) is 11.6 Å². The van der Waals surface area contributed by atoms with Crippen molar-refractivity contribution in [1.29, 1.82) is 0 Å². The minimum atomic E-state index is -0.580. The summed E-state index contributed by atoms with van der Waals surface area (Å²) in [6.07, 6.45) is 0.568. The minimum Gasteiger partial charge on any atom is -0.494 e. The van der Waals surface area contributed by atoms with Crippen LogP contribution in [0, 0.1) is 0 Å². The van der Waals surface area contributed by atoms with Gasteiger partial charge >= 0.3 is 0 Å². The van der Waals surface area contributed by atoms with Gasteiger partial charge in [0.05, 0.1) is 22.9 Å². The summed E-state index contributed by atoms with van der Waals surface area (Å²) in [6.45, 7) is 7.25. The Morgan fingerprint density at radius 3 is 2.33 bits per heavy atom. The van der Waals surface area contributed by atoms with Crippen molar-refractivity contribution in [2.24, 2.45) is 0 Å². The quantitative estimate of drug-likeness (QED) is 0.501. The Kier molecular flexibility index (Phi) is 5.50. The van der Waals surface area contributed by atoms with Gasteiger partial charge in [-0.25, -0.2) is 0 Å². The van der Waals surface area contributed by atoms with Crippen LogP contribution in [0.15, 0.2) is 36.4 Å². The van der Waals surface area contributed by atoms with Crippen LogP contribution in [0.1, 0.15) is 43.1 Å². The molecule has 142 valence electrons. The molecule has 0 N–H and O–H groups in total. The van der Waals surface area contributed by atoms with Crippen LogP contribution < -0.4 is 9.64 Å². The van der Waals surface area contributed by atoms with Gasteiger partial charge in [0.15, 0.2) is 0 Å². The Morgan fingerprint density at radius 1 is 1.04 bits per heavy atom. The van der Waals surface area contributed by atoms with E-state index in [1.54, 1.807) is 0 Å². The largest absolute Gasteiger partial charge is 0.494 e. The van der Waals surface area contributed by atoms with Crippen molar-refractivity contribution in [3.8, 4) is 5.75 Å². The van der Waals surface area contributed by atoms with E-state index in [-0.39, 0.29) is 11.0 Å². The molecule has 0 bridgehead atoms. The van der Waals surface area contributed by atoms with E-state index in [2.05, 4.69) is 32.9 Å². The third-order valence-corrected chi connectivity index (χ3v) is 5.00. The van der Waals surface area contributed by atoms with Crippen molar-refractivity contribution >= 4 is 40.6 Å². The van der Waals surface area contributed by atoms with Crippen molar-refractivity contribution < 1.29 is 14.3 Å². The summed E-state index contributed by atoms with van der Waals surface area (Å²) in [5, 5.41) is 0.638. The van der Waals surface area contributed by atoms with E-state index < -0.39 is 11.7 Å². The number of hydrogen-bond donors (Lipinski definition) is 0. The lowest BCUT2D eigenvalue weighted by atomic mass is 9.87. The van der Waals surface area contributed by atoms with E-state index >= 15 is 0 Å². The summed E-state index contributed by atoms with van der Waals surface area (Å²) >= 11 is 12.1. The van der Waals surface area contributed by atoms with Gasteiger partial charge in [-0.15, -0.1) is 0 Å². The SMILES string of the molecule is CC(C)(C)c1ccc(OCCCN2C(=O)C(=O)c3cc(Cl)cc(Cl)c32)cc1. The average Bonchev–Trinajstić information content (AvgIpc) is 2.83. The highest BCUT2D eigenvalue weighted by Crippen LogP contribution is 2.38. The molecule has 27 heavy (non-hydrogen) atoms. The molecule has 1 amide bonds. The molecule has 0 saturated heterocycles. The van der Waals surface area contributed by atoms with Crippen LogP contribution in [0.5, 0.6) is 5.75 Å². The van der Waals surface area contributed by atoms with Crippen LogP contribution in [0.4, 0.5) is 5.69 Å². The molecule has 0 spiro atoms. The van der Waals surface area contributed by atoms with Crippen LogP contribution >= 0.6 is 23.2 Å². The fraction of sp³-hybridized carbons (Fsp3) is 0.333. The number of carbonyl (C=O) groups excluding carboxylic acids is 2. The van der Waals surface area contributed by atoms with E-state index in [1.807, 2.05) is 12.1 Å². The van der Waals surface area contributed by atoms with Crippen molar-refractivity contribution in [3.05, 3.63) is 57.6 Å². The summed E-state index contributed by atoms with van der Waals surface area (Å²) in [6, 6.07) is 11.0. The number of rotatable bonds is 5. The maximum atomic E-state index is 12.3. The number of halogens is 2. The Balaban J connectivity index is 1.60. The lowest BCUT2D eigenvalue weighted by Crippen LogP contribution is -2.31. The number of ketones is 1. The van der Waals surface area contributed by atoms with E-state index in [9.17, 15) is 9.59 Å². The molecule has 1 heterocycles. The molecule has 0 fully saturated rings. The second kappa shape index (κ2) is 7.53. The first kappa shape index (κ1) is 19.7. The van der Waals surface area contributed by atoms with E-state index in [0.29, 0.717) is 35.3 Å². The fourth-order valence-electron chi connectivity index (χ4n) is 3.03. The van der Waals surface area contributed by atoms with E-state index in [4.69, 9.17) is 27.9 Å². The molecular formula is C21H21Cl2NO3. The number of hydrogen-bond acceptors (Lipinski definition) is 3. The van der Waals surface area contributed by atoms with Gasteiger partial charge in [-0.3, -0.25) is 9.59 Å². The molecular weight excluding hydrogens is 385 g/mol. The molecule has 1 aliphatic rings. The van der Waals surface area contributed by atoms with Gasteiger partial charge in [-0.05, 0) is 41.7 Å². The second-order valence-electron chi connectivity index (χ2n) is 7.55. The predicted molar refractivity (Wildman–Crippen MR) is 108 cm³/mol. The van der Waals surface area contributed by atoms with Gasteiger partial charge in [0.2, 0.25) is 0 Å². The van der Waals surface area contributed by atoms with Gasteiger partial charge in [0.1, 0.15) is 5.75 Å². The monoisotopic (exact) mass is 405 g/mol. The normalized spacial score (nSPS) is 13.9. The van der Waals surface area contributed by atoms with Crippen LogP contribution in [-0.2, 0) is 10.2 Å². The number of ether oxygens (including phenoxy) is 1. The Hall–Kier alpha value is -2.04. The topological polar surface area (TPSA) is 46.6 Å². The maximum absolute atomic E-state index is 12.3. The number of carbonyl (C=O) groups is 2. The third-order valence-electron chi connectivity index (χ3n) is 4.50. The first-order valence-corrected chi connectivity index (χ1v) is 9.52. The van der Waals surface area contributed by atoms with Gasteiger partial charge in [-0.2, -0.15) is 0 Å². The number of benzene rings is 2. The highest BCUT2D eigenvalue weighted by atomic mass is 35.5. The fourth-order valence-corrected chi connectivity index (χ4v) is 3.63. The van der Waals surface area contributed by atoms with Crippen LogP contribution in [-0.4, -0.2) is 24.8 Å². The summed E-state index contributed by atoms with van der Waals surface area (Å²) in [7, 11) is 0. The van der Waals surface area contributed by atoms with Crippen molar-refractivity contribution in [3.63, 3.8) is 0 Å². The molecule has 0 saturated carbocycles. The van der Waals surface area contributed by atoms with Crippen LogP contribution in [0.3, 0.4) is 0 Å². The average molecular weight is 406 g/mol. The molecule has 0 aromatic heterocycles. The molecule has 3 rings (SSSR count). The zero-order chi connectivity index (χ0) is 19.8. The number of fused-ring (bicyclic) bond motifs is 1.